The molecule has 0 atom stereocenters. The molecule has 21 heavy (non-hydrogen) atoms. The minimum atomic E-state index is -0.278. The lowest BCUT2D eigenvalue weighted by atomic mass is 10.2. The summed E-state index contributed by atoms with van der Waals surface area (Å²) in [6, 6.07) is 13.1. The Labute approximate surface area is 130 Å². The first-order chi connectivity index (χ1) is 10.1. The van der Waals surface area contributed by atoms with Gasteiger partial charge in [0.15, 0.2) is 5.75 Å². The quantitative estimate of drug-likeness (QED) is 0.741. The number of hydrogen-bond donors (Lipinski definition) is 1. The molecule has 0 saturated heterocycles. The van der Waals surface area contributed by atoms with Gasteiger partial charge in [0.05, 0.1) is 15.8 Å². The SMILES string of the molecule is CC(=O)NOc1ccc(Cl)cc1-c1nc2ccccc2s1. The van der Waals surface area contributed by atoms with Crippen molar-refractivity contribution in [2.24, 2.45) is 0 Å². The van der Waals surface area contributed by atoms with E-state index in [-0.39, 0.29) is 5.91 Å². The van der Waals surface area contributed by atoms with Gasteiger partial charge in [-0.3, -0.25) is 4.79 Å². The van der Waals surface area contributed by atoms with Crippen molar-refractivity contribution in [1.82, 2.24) is 10.5 Å². The van der Waals surface area contributed by atoms with Gasteiger partial charge in [0.25, 0.3) is 0 Å². The molecule has 1 heterocycles. The molecule has 0 fully saturated rings. The fourth-order valence-corrected chi connectivity index (χ4v) is 3.03. The van der Waals surface area contributed by atoms with Crippen LogP contribution in [-0.4, -0.2) is 10.9 Å². The Bertz CT molecular complexity index is 783. The molecule has 106 valence electrons. The number of rotatable bonds is 3. The largest absolute Gasteiger partial charge is 0.379 e. The first-order valence-corrected chi connectivity index (χ1v) is 7.42. The summed E-state index contributed by atoms with van der Waals surface area (Å²) < 4.78 is 1.08. The molecule has 1 N–H and O–H groups in total. The van der Waals surface area contributed by atoms with Gasteiger partial charge in [0.1, 0.15) is 5.01 Å². The van der Waals surface area contributed by atoms with Crippen molar-refractivity contribution in [2.75, 3.05) is 0 Å². The number of halogens is 1. The van der Waals surface area contributed by atoms with Gasteiger partial charge in [-0.15, -0.1) is 11.3 Å². The lowest BCUT2D eigenvalue weighted by molar-refractivity contribution is -0.125. The summed E-state index contributed by atoms with van der Waals surface area (Å²) in [6.45, 7) is 1.38. The molecule has 3 rings (SSSR count). The number of thiazole rings is 1. The molecule has 1 amide bonds. The van der Waals surface area contributed by atoms with E-state index in [0.29, 0.717) is 10.8 Å². The van der Waals surface area contributed by atoms with E-state index < -0.39 is 0 Å². The predicted molar refractivity (Wildman–Crippen MR) is 84.5 cm³/mol. The molecule has 0 bridgehead atoms. The molecule has 0 aliphatic carbocycles. The fourth-order valence-electron chi connectivity index (χ4n) is 1.87. The Balaban J connectivity index is 2.06. The number of amides is 1. The topological polar surface area (TPSA) is 51.2 Å². The minimum absolute atomic E-state index is 0.278. The summed E-state index contributed by atoms with van der Waals surface area (Å²) in [6.07, 6.45) is 0. The molecule has 0 unspecified atom stereocenters. The van der Waals surface area contributed by atoms with Crippen molar-refractivity contribution < 1.29 is 9.63 Å². The third kappa shape index (κ3) is 2.99. The summed E-state index contributed by atoms with van der Waals surface area (Å²) in [5, 5.41) is 1.37. The zero-order valence-electron chi connectivity index (χ0n) is 11.1. The lowest BCUT2D eigenvalue weighted by Crippen LogP contribution is -2.23. The molecule has 3 aromatic rings. The lowest BCUT2D eigenvalue weighted by Gasteiger charge is -2.09. The van der Waals surface area contributed by atoms with E-state index >= 15 is 0 Å². The van der Waals surface area contributed by atoms with E-state index in [4.69, 9.17) is 16.4 Å². The Morgan fingerprint density at radius 3 is 2.86 bits per heavy atom. The van der Waals surface area contributed by atoms with E-state index in [2.05, 4.69) is 10.5 Å². The molecular formula is C15H11ClN2O2S. The van der Waals surface area contributed by atoms with Crippen LogP contribution in [0.1, 0.15) is 6.92 Å². The highest BCUT2D eigenvalue weighted by molar-refractivity contribution is 7.21. The summed E-state index contributed by atoms with van der Waals surface area (Å²) >= 11 is 7.61. The van der Waals surface area contributed by atoms with Crippen molar-refractivity contribution in [2.45, 2.75) is 6.92 Å². The van der Waals surface area contributed by atoms with Crippen LogP contribution in [0, 0.1) is 0 Å². The van der Waals surface area contributed by atoms with Crippen molar-refractivity contribution in [3.63, 3.8) is 0 Å². The maximum Gasteiger partial charge on any atom is 0.249 e. The Morgan fingerprint density at radius 1 is 1.29 bits per heavy atom. The first-order valence-electron chi connectivity index (χ1n) is 6.22. The Kier molecular flexibility index (Phi) is 3.77. The molecule has 0 aliphatic rings. The number of nitrogens with one attached hydrogen (secondary N) is 1. The number of carbonyl (C=O) groups is 1. The van der Waals surface area contributed by atoms with E-state index in [0.717, 1.165) is 20.8 Å². The smallest absolute Gasteiger partial charge is 0.249 e. The Hall–Kier alpha value is -2.11. The van der Waals surface area contributed by atoms with Crippen LogP contribution in [-0.2, 0) is 4.79 Å². The fraction of sp³-hybridized carbons (Fsp3) is 0.0667. The zero-order valence-corrected chi connectivity index (χ0v) is 12.7. The normalized spacial score (nSPS) is 10.6. The van der Waals surface area contributed by atoms with Gasteiger partial charge in [-0.1, -0.05) is 23.7 Å². The number of fused-ring (bicyclic) bond motifs is 1. The van der Waals surface area contributed by atoms with E-state index in [1.807, 2.05) is 24.3 Å². The van der Waals surface area contributed by atoms with Crippen LogP contribution < -0.4 is 10.3 Å². The molecule has 0 radical (unpaired) electrons. The number of hydrogen-bond acceptors (Lipinski definition) is 4. The van der Waals surface area contributed by atoms with Gasteiger partial charge in [-0.2, -0.15) is 5.48 Å². The number of hydroxylamine groups is 1. The van der Waals surface area contributed by atoms with Crippen LogP contribution in [0.5, 0.6) is 5.75 Å². The third-order valence-electron chi connectivity index (χ3n) is 2.77. The van der Waals surface area contributed by atoms with Crippen LogP contribution in [0.3, 0.4) is 0 Å². The molecule has 0 aliphatic heterocycles. The van der Waals surface area contributed by atoms with E-state index in [1.165, 1.54) is 6.92 Å². The van der Waals surface area contributed by atoms with E-state index in [9.17, 15) is 4.79 Å². The number of aromatic nitrogens is 1. The molecular weight excluding hydrogens is 308 g/mol. The third-order valence-corrected chi connectivity index (χ3v) is 4.08. The molecule has 1 aromatic heterocycles. The van der Waals surface area contributed by atoms with Crippen molar-refractivity contribution in [1.29, 1.82) is 0 Å². The average Bonchev–Trinajstić information content (AvgIpc) is 2.89. The maximum atomic E-state index is 11.0. The highest BCUT2D eigenvalue weighted by Crippen LogP contribution is 2.37. The standard InChI is InChI=1S/C15H11ClN2O2S/c1-9(19)18-20-13-7-6-10(16)8-11(13)15-17-12-4-2-3-5-14(12)21-15/h2-8H,1H3,(H,18,19). The average molecular weight is 319 g/mol. The van der Waals surface area contributed by atoms with E-state index in [1.54, 1.807) is 29.5 Å². The number of nitrogens with zero attached hydrogens (tertiary/aromatic N) is 1. The number of benzene rings is 2. The van der Waals surface area contributed by atoms with Crippen LogP contribution in [0.2, 0.25) is 5.02 Å². The highest BCUT2D eigenvalue weighted by atomic mass is 35.5. The van der Waals surface area contributed by atoms with Gasteiger partial charge in [-0.25, -0.2) is 4.98 Å². The molecule has 6 heteroatoms. The summed E-state index contributed by atoms with van der Waals surface area (Å²) in [5.74, 6) is 0.230. The number of para-hydroxylation sites is 1. The summed E-state index contributed by atoms with van der Waals surface area (Å²) in [4.78, 5) is 20.9. The van der Waals surface area contributed by atoms with Crippen molar-refractivity contribution in [3.8, 4) is 16.3 Å². The maximum absolute atomic E-state index is 11.0. The molecule has 0 spiro atoms. The predicted octanol–water partition coefficient (Wildman–Crippen LogP) is 4.05. The second-order valence-electron chi connectivity index (χ2n) is 4.39. The van der Waals surface area contributed by atoms with Crippen molar-refractivity contribution in [3.05, 3.63) is 47.5 Å². The Morgan fingerprint density at radius 2 is 2.10 bits per heavy atom. The first kappa shape index (κ1) is 13.9. The summed E-state index contributed by atoms with van der Waals surface area (Å²) in [7, 11) is 0. The van der Waals surface area contributed by atoms with Gasteiger partial charge in [-0.05, 0) is 30.3 Å². The second kappa shape index (κ2) is 5.71. The monoisotopic (exact) mass is 318 g/mol. The number of carbonyl (C=O) groups excluding carboxylic acids is 1. The van der Waals surface area contributed by atoms with Gasteiger partial charge < -0.3 is 4.84 Å². The summed E-state index contributed by atoms with van der Waals surface area (Å²) in [5.41, 5.74) is 3.99. The zero-order chi connectivity index (χ0) is 14.8. The van der Waals surface area contributed by atoms with Crippen molar-refractivity contribution >= 4 is 39.1 Å². The van der Waals surface area contributed by atoms with Crippen LogP contribution in [0.25, 0.3) is 20.8 Å². The molecule has 2 aromatic carbocycles. The van der Waals surface area contributed by atoms with Gasteiger partial charge in [0.2, 0.25) is 5.91 Å². The highest BCUT2D eigenvalue weighted by Gasteiger charge is 2.13. The van der Waals surface area contributed by atoms with Crippen LogP contribution >= 0.6 is 22.9 Å². The van der Waals surface area contributed by atoms with Gasteiger partial charge in [0, 0.05) is 11.9 Å². The second-order valence-corrected chi connectivity index (χ2v) is 5.85. The van der Waals surface area contributed by atoms with Crippen LogP contribution in [0.4, 0.5) is 0 Å². The minimum Gasteiger partial charge on any atom is -0.379 e. The van der Waals surface area contributed by atoms with Gasteiger partial charge >= 0.3 is 0 Å². The molecule has 4 nitrogen and oxygen atoms in total. The van der Waals surface area contributed by atoms with Crippen LogP contribution in [0.15, 0.2) is 42.5 Å². The molecule has 0 saturated carbocycles.